The second kappa shape index (κ2) is 8.30. The van der Waals surface area contributed by atoms with Gasteiger partial charge in [-0.3, -0.25) is 4.79 Å². The van der Waals surface area contributed by atoms with Gasteiger partial charge in [-0.15, -0.1) is 0 Å². The lowest BCUT2D eigenvalue weighted by molar-refractivity contribution is -0.160. The Balaban J connectivity index is 2.25. The summed E-state index contributed by atoms with van der Waals surface area (Å²) in [7, 11) is -4.23. The second-order valence-corrected chi connectivity index (χ2v) is 9.84. The first kappa shape index (κ1) is 23.3. The molecule has 1 saturated carbocycles. The number of esters is 1. The normalized spacial score (nSPS) is 14.4. The number of alkyl halides is 2. The van der Waals surface area contributed by atoms with E-state index in [-0.39, 0.29) is 28.3 Å². The minimum Gasteiger partial charge on any atom is -0.461 e. The molecule has 1 aliphatic rings. The first-order valence-electron chi connectivity index (χ1n) is 9.16. The van der Waals surface area contributed by atoms with Gasteiger partial charge in [-0.1, -0.05) is 5.16 Å². The third kappa shape index (κ3) is 4.95. The number of hydrogen-bond acceptors (Lipinski definition) is 8. The summed E-state index contributed by atoms with van der Waals surface area (Å²) in [6.07, 6.45) is -1.59. The van der Waals surface area contributed by atoms with Crippen LogP contribution in [0.5, 0.6) is 5.75 Å². The highest BCUT2D eigenvalue weighted by Crippen LogP contribution is 2.44. The van der Waals surface area contributed by atoms with Gasteiger partial charge in [0.1, 0.15) is 10.5 Å². The Hall–Kier alpha value is -2.34. The molecule has 12 heteroatoms. The van der Waals surface area contributed by atoms with Crippen LogP contribution in [0.2, 0.25) is 0 Å². The number of hydrogen-bond donors (Lipinski definition) is 0. The summed E-state index contributed by atoms with van der Waals surface area (Å²) in [5.41, 5.74) is -1.11. The molecule has 1 aromatic carbocycles. The van der Waals surface area contributed by atoms with Crippen molar-refractivity contribution in [1.29, 1.82) is 0 Å². The molecule has 31 heavy (non-hydrogen) atoms. The third-order valence-electron chi connectivity index (χ3n) is 4.32. The highest BCUT2D eigenvalue weighted by atomic mass is 79.9. The van der Waals surface area contributed by atoms with E-state index in [1.807, 2.05) is 0 Å². The fraction of sp³-hybridized carbons (Fsp3) is 0.421. The molecular formula is C19H18BrF2NO7S. The van der Waals surface area contributed by atoms with E-state index in [2.05, 4.69) is 25.8 Å². The van der Waals surface area contributed by atoms with Gasteiger partial charge >= 0.3 is 12.1 Å². The van der Waals surface area contributed by atoms with E-state index in [4.69, 9.17) is 9.26 Å². The largest absolute Gasteiger partial charge is 0.461 e. The molecule has 168 valence electrons. The number of halogens is 3. The Morgan fingerprint density at radius 2 is 1.97 bits per heavy atom. The lowest BCUT2D eigenvalue weighted by Crippen LogP contribution is -2.22. The van der Waals surface area contributed by atoms with E-state index >= 15 is 0 Å². The molecule has 0 amide bonds. The molecule has 1 fully saturated rings. The minimum atomic E-state index is -4.23. The van der Waals surface area contributed by atoms with Crippen LogP contribution < -0.4 is 4.74 Å². The topological polar surface area (TPSA) is 113 Å². The summed E-state index contributed by atoms with van der Waals surface area (Å²) in [6, 6.07) is 2.35. The second-order valence-electron chi connectivity index (χ2n) is 7.03. The minimum absolute atomic E-state index is 0.00846. The predicted octanol–water partition coefficient (Wildman–Crippen LogP) is 4.12. The summed E-state index contributed by atoms with van der Waals surface area (Å²) in [6.45, 7) is 2.00. The lowest BCUT2D eigenvalue weighted by atomic mass is 9.99. The molecule has 0 atom stereocenters. The SMILES string of the molecule is CCOC(=O)c1noc(C2CC2)c1C(=O)c1ccc(Br)c(OC(C)(F)F)c1S(C)(=O)=O. The smallest absolute Gasteiger partial charge is 0.395 e. The van der Waals surface area contributed by atoms with Crippen molar-refractivity contribution in [3.63, 3.8) is 0 Å². The van der Waals surface area contributed by atoms with Gasteiger partial charge in [0.2, 0.25) is 11.5 Å². The molecule has 1 heterocycles. The number of benzene rings is 1. The van der Waals surface area contributed by atoms with Crippen LogP contribution in [-0.4, -0.2) is 44.3 Å². The van der Waals surface area contributed by atoms with Gasteiger partial charge in [-0.2, -0.15) is 8.78 Å². The molecule has 1 aromatic heterocycles. The monoisotopic (exact) mass is 521 g/mol. The molecule has 0 radical (unpaired) electrons. The van der Waals surface area contributed by atoms with E-state index in [1.165, 1.54) is 6.07 Å². The maximum atomic E-state index is 13.6. The van der Waals surface area contributed by atoms with Gasteiger partial charge in [-0.05, 0) is 47.8 Å². The van der Waals surface area contributed by atoms with Crippen molar-refractivity contribution in [3.05, 3.63) is 39.2 Å². The number of ether oxygens (including phenoxy) is 2. The molecule has 2 aromatic rings. The van der Waals surface area contributed by atoms with Crippen molar-refractivity contribution >= 4 is 37.5 Å². The molecule has 3 rings (SSSR count). The number of nitrogens with zero attached hydrogens (tertiary/aromatic N) is 1. The Bertz CT molecular complexity index is 1150. The summed E-state index contributed by atoms with van der Waals surface area (Å²) < 4.78 is 66.8. The summed E-state index contributed by atoms with van der Waals surface area (Å²) in [4.78, 5) is 25.0. The molecular weight excluding hydrogens is 504 g/mol. The molecule has 1 aliphatic carbocycles. The van der Waals surface area contributed by atoms with E-state index in [1.54, 1.807) is 6.92 Å². The first-order valence-corrected chi connectivity index (χ1v) is 11.8. The quantitative estimate of drug-likeness (QED) is 0.376. The molecule has 8 nitrogen and oxygen atoms in total. The van der Waals surface area contributed by atoms with E-state index < -0.39 is 49.6 Å². The maximum absolute atomic E-state index is 13.6. The first-order chi connectivity index (χ1) is 14.3. The van der Waals surface area contributed by atoms with Crippen LogP contribution in [-0.2, 0) is 14.6 Å². The van der Waals surface area contributed by atoms with Crippen molar-refractivity contribution in [2.24, 2.45) is 0 Å². The summed E-state index contributed by atoms with van der Waals surface area (Å²) >= 11 is 2.99. The highest BCUT2D eigenvalue weighted by Gasteiger charge is 2.40. The van der Waals surface area contributed by atoms with Crippen LogP contribution in [0.25, 0.3) is 0 Å². The molecule has 0 spiro atoms. The highest BCUT2D eigenvalue weighted by molar-refractivity contribution is 9.10. The summed E-state index contributed by atoms with van der Waals surface area (Å²) in [5, 5.41) is 3.65. The van der Waals surface area contributed by atoms with Crippen molar-refractivity contribution < 1.29 is 40.8 Å². The van der Waals surface area contributed by atoms with Crippen LogP contribution >= 0.6 is 15.9 Å². The number of sulfone groups is 1. The molecule has 0 bridgehead atoms. The molecule has 0 N–H and O–H groups in total. The lowest BCUT2D eigenvalue weighted by Gasteiger charge is -2.19. The Kier molecular flexibility index (Phi) is 6.25. The average Bonchev–Trinajstić information content (AvgIpc) is 3.39. The van der Waals surface area contributed by atoms with Gasteiger partial charge < -0.3 is 14.0 Å². The number of ketones is 1. The molecule has 0 saturated heterocycles. The zero-order valence-corrected chi connectivity index (χ0v) is 19.1. The van der Waals surface area contributed by atoms with Crippen molar-refractivity contribution in [2.45, 2.75) is 43.6 Å². The van der Waals surface area contributed by atoms with Crippen molar-refractivity contribution in [3.8, 4) is 5.75 Å². The number of carbonyl (C=O) groups excluding carboxylic acids is 2. The number of carbonyl (C=O) groups is 2. The molecule has 0 aliphatic heterocycles. The van der Waals surface area contributed by atoms with Gasteiger partial charge in [-0.25, -0.2) is 13.2 Å². The average molecular weight is 522 g/mol. The van der Waals surface area contributed by atoms with Crippen LogP contribution in [0.1, 0.15) is 64.8 Å². The van der Waals surface area contributed by atoms with E-state index in [9.17, 15) is 26.8 Å². The van der Waals surface area contributed by atoms with E-state index in [0.29, 0.717) is 19.8 Å². The zero-order valence-electron chi connectivity index (χ0n) is 16.7. The predicted molar refractivity (Wildman–Crippen MR) is 106 cm³/mol. The summed E-state index contributed by atoms with van der Waals surface area (Å²) in [5.74, 6) is -2.61. The van der Waals surface area contributed by atoms with Gasteiger partial charge in [0.15, 0.2) is 21.3 Å². The van der Waals surface area contributed by atoms with Crippen LogP contribution in [0.3, 0.4) is 0 Å². The van der Waals surface area contributed by atoms with Crippen LogP contribution in [0.15, 0.2) is 26.0 Å². The zero-order chi connectivity index (χ0) is 23.1. The van der Waals surface area contributed by atoms with Crippen molar-refractivity contribution in [1.82, 2.24) is 5.16 Å². The fourth-order valence-electron chi connectivity index (χ4n) is 2.98. The van der Waals surface area contributed by atoms with Crippen LogP contribution in [0.4, 0.5) is 8.78 Å². The van der Waals surface area contributed by atoms with Crippen LogP contribution in [0, 0.1) is 0 Å². The Morgan fingerprint density at radius 1 is 1.32 bits per heavy atom. The van der Waals surface area contributed by atoms with Gasteiger partial charge in [0.25, 0.3) is 0 Å². The standard InChI is InChI=1S/C19H18BrF2NO7S/c1-4-28-18(25)13-12(15(30-23-13)9-5-6-9)14(24)10-7-8-11(20)16(29-19(2,21)22)17(10)31(3,26)27/h7-9H,4-6H2,1-3H3. The number of rotatable bonds is 8. The fourth-order valence-corrected chi connectivity index (χ4v) is 4.57. The number of aromatic nitrogens is 1. The van der Waals surface area contributed by atoms with Gasteiger partial charge in [0.05, 0.1) is 11.1 Å². The third-order valence-corrected chi connectivity index (χ3v) is 6.09. The Labute approximate surface area is 184 Å². The Morgan fingerprint density at radius 3 is 2.48 bits per heavy atom. The van der Waals surface area contributed by atoms with Gasteiger partial charge in [0, 0.05) is 24.7 Å². The molecule has 0 unspecified atom stereocenters. The van der Waals surface area contributed by atoms with Crippen molar-refractivity contribution in [2.75, 3.05) is 12.9 Å². The maximum Gasteiger partial charge on any atom is 0.395 e. The van der Waals surface area contributed by atoms with E-state index in [0.717, 1.165) is 12.3 Å².